The zero-order chi connectivity index (χ0) is 12.3. The fraction of sp³-hybridized carbons (Fsp3) is 0.308. The van der Waals surface area contributed by atoms with Crippen LogP contribution in [0.3, 0.4) is 0 Å². The lowest BCUT2D eigenvalue weighted by molar-refractivity contribution is 1.04. The molecule has 0 fully saturated rings. The highest BCUT2D eigenvalue weighted by Gasteiger charge is 2.04. The molecule has 0 aliphatic rings. The van der Waals surface area contributed by atoms with Crippen LogP contribution in [0.15, 0.2) is 35.4 Å². The van der Waals surface area contributed by atoms with E-state index in [1.807, 2.05) is 18.0 Å². The van der Waals surface area contributed by atoms with E-state index in [9.17, 15) is 0 Å². The summed E-state index contributed by atoms with van der Waals surface area (Å²) in [5.74, 6) is 0. The standard InChI is InChI=1S/C13H16N2S2/c1-9(2)16-11-5-3-10(4-6-11)12-8-15-13(7-14)17-12/h3-6,8-9H,7,14H2,1-2H3. The number of thioether (sulfide) groups is 1. The smallest absolute Gasteiger partial charge is 0.107 e. The van der Waals surface area contributed by atoms with Crippen molar-refractivity contribution in [2.24, 2.45) is 5.73 Å². The second-order valence-corrected chi connectivity index (χ2v) is 6.78. The van der Waals surface area contributed by atoms with Crippen LogP contribution >= 0.6 is 23.1 Å². The lowest BCUT2D eigenvalue weighted by Gasteiger charge is -2.05. The van der Waals surface area contributed by atoms with Gasteiger partial charge in [0.2, 0.25) is 0 Å². The predicted molar refractivity (Wildman–Crippen MR) is 76.4 cm³/mol. The molecule has 0 saturated heterocycles. The lowest BCUT2D eigenvalue weighted by atomic mass is 10.2. The maximum absolute atomic E-state index is 5.56. The summed E-state index contributed by atoms with van der Waals surface area (Å²) in [6, 6.07) is 8.64. The number of nitrogens with two attached hydrogens (primary N) is 1. The zero-order valence-electron chi connectivity index (χ0n) is 10.0. The van der Waals surface area contributed by atoms with Gasteiger partial charge in [0, 0.05) is 22.9 Å². The highest BCUT2D eigenvalue weighted by atomic mass is 32.2. The van der Waals surface area contributed by atoms with Gasteiger partial charge in [0.15, 0.2) is 0 Å². The Morgan fingerprint density at radius 2 is 2.00 bits per heavy atom. The normalized spacial score (nSPS) is 11.1. The first-order chi connectivity index (χ1) is 8.19. The average molecular weight is 264 g/mol. The van der Waals surface area contributed by atoms with Gasteiger partial charge in [-0.25, -0.2) is 4.98 Å². The minimum atomic E-state index is 0.520. The Hall–Kier alpha value is -0.840. The Labute approximate surface area is 110 Å². The third kappa shape index (κ3) is 3.31. The molecule has 2 N–H and O–H groups in total. The zero-order valence-corrected chi connectivity index (χ0v) is 11.6. The van der Waals surface area contributed by atoms with Crippen LogP contribution in [0.5, 0.6) is 0 Å². The Bertz CT molecular complexity index is 474. The van der Waals surface area contributed by atoms with Crippen LogP contribution in [0.1, 0.15) is 18.9 Å². The molecule has 90 valence electrons. The van der Waals surface area contributed by atoms with Crippen molar-refractivity contribution >= 4 is 23.1 Å². The molecule has 1 aromatic carbocycles. The number of thiazole rings is 1. The molecular formula is C13H16N2S2. The van der Waals surface area contributed by atoms with E-state index in [0.29, 0.717) is 11.8 Å². The molecule has 2 aromatic rings. The van der Waals surface area contributed by atoms with Crippen molar-refractivity contribution in [3.8, 4) is 10.4 Å². The molecule has 0 bridgehead atoms. The van der Waals surface area contributed by atoms with Crippen molar-refractivity contribution in [2.45, 2.75) is 30.5 Å². The van der Waals surface area contributed by atoms with Crippen molar-refractivity contribution in [2.75, 3.05) is 0 Å². The number of nitrogens with zero attached hydrogens (tertiary/aromatic N) is 1. The molecule has 1 heterocycles. The summed E-state index contributed by atoms with van der Waals surface area (Å²) in [6.07, 6.45) is 1.90. The van der Waals surface area contributed by atoms with Gasteiger partial charge in [-0.2, -0.15) is 0 Å². The second-order valence-electron chi connectivity index (χ2n) is 4.01. The fourth-order valence-corrected chi connectivity index (χ4v) is 3.15. The van der Waals surface area contributed by atoms with E-state index in [1.165, 1.54) is 15.3 Å². The van der Waals surface area contributed by atoms with E-state index < -0.39 is 0 Å². The summed E-state index contributed by atoms with van der Waals surface area (Å²) in [4.78, 5) is 6.77. The third-order valence-electron chi connectivity index (χ3n) is 2.24. The van der Waals surface area contributed by atoms with Crippen LogP contribution in [0, 0.1) is 0 Å². The minimum absolute atomic E-state index is 0.520. The van der Waals surface area contributed by atoms with Crippen molar-refractivity contribution < 1.29 is 0 Å². The molecule has 0 spiro atoms. The molecule has 0 aliphatic carbocycles. The second kappa shape index (κ2) is 5.67. The van der Waals surface area contributed by atoms with Crippen molar-refractivity contribution in [3.05, 3.63) is 35.5 Å². The Kier molecular flexibility index (Phi) is 4.20. The van der Waals surface area contributed by atoms with Crippen LogP contribution in [0.4, 0.5) is 0 Å². The molecule has 0 radical (unpaired) electrons. The molecular weight excluding hydrogens is 248 g/mol. The van der Waals surface area contributed by atoms with Gasteiger partial charge in [-0.1, -0.05) is 26.0 Å². The maximum atomic E-state index is 5.56. The monoisotopic (exact) mass is 264 g/mol. The molecule has 0 aliphatic heterocycles. The molecule has 0 atom stereocenters. The first-order valence-electron chi connectivity index (χ1n) is 5.61. The molecule has 2 rings (SSSR count). The summed E-state index contributed by atoms with van der Waals surface area (Å²) < 4.78 is 0. The van der Waals surface area contributed by atoms with Gasteiger partial charge in [-0.15, -0.1) is 23.1 Å². The fourth-order valence-electron chi connectivity index (χ4n) is 1.51. The number of hydrogen-bond donors (Lipinski definition) is 1. The van der Waals surface area contributed by atoms with Crippen LogP contribution in [-0.4, -0.2) is 10.2 Å². The quantitative estimate of drug-likeness (QED) is 0.854. The summed E-state index contributed by atoms with van der Waals surface area (Å²) in [5, 5.41) is 1.61. The predicted octanol–water partition coefficient (Wildman–Crippen LogP) is 3.77. The van der Waals surface area contributed by atoms with Crippen LogP contribution < -0.4 is 5.73 Å². The van der Waals surface area contributed by atoms with Crippen LogP contribution in [0.25, 0.3) is 10.4 Å². The van der Waals surface area contributed by atoms with Gasteiger partial charge in [0.05, 0.1) is 4.88 Å². The average Bonchev–Trinajstić information content (AvgIpc) is 2.78. The van der Waals surface area contributed by atoms with E-state index in [0.717, 1.165) is 5.01 Å². The third-order valence-corrected chi connectivity index (χ3v) is 4.32. The van der Waals surface area contributed by atoms with Crippen molar-refractivity contribution in [1.82, 2.24) is 4.98 Å². The number of benzene rings is 1. The molecule has 17 heavy (non-hydrogen) atoms. The van der Waals surface area contributed by atoms with Gasteiger partial charge in [-0.3, -0.25) is 0 Å². The minimum Gasteiger partial charge on any atom is -0.325 e. The summed E-state index contributed by atoms with van der Waals surface area (Å²) in [6.45, 7) is 4.93. The lowest BCUT2D eigenvalue weighted by Crippen LogP contribution is -1.93. The van der Waals surface area contributed by atoms with E-state index in [2.05, 4.69) is 43.1 Å². The van der Waals surface area contributed by atoms with E-state index >= 15 is 0 Å². The summed E-state index contributed by atoms with van der Waals surface area (Å²) >= 11 is 3.54. The number of aromatic nitrogens is 1. The Morgan fingerprint density at radius 3 is 2.53 bits per heavy atom. The molecule has 2 nitrogen and oxygen atoms in total. The van der Waals surface area contributed by atoms with Gasteiger partial charge < -0.3 is 5.73 Å². The Morgan fingerprint density at radius 1 is 1.29 bits per heavy atom. The Balaban J connectivity index is 2.17. The van der Waals surface area contributed by atoms with Gasteiger partial charge >= 0.3 is 0 Å². The van der Waals surface area contributed by atoms with Crippen molar-refractivity contribution in [3.63, 3.8) is 0 Å². The highest BCUT2D eigenvalue weighted by Crippen LogP contribution is 2.29. The van der Waals surface area contributed by atoms with E-state index in [1.54, 1.807) is 11.3 Å². The topological polar surface area (TPSA) is 38.9 Å². The molecule has 1 aromatic heterocycles. The molecule has 0 amide bonds. The number of hydrogen-bond acceptors (Lipinski definition) is 4. The number of rotatable bonds is 4. The maximum Gasteiger partial charge on any atom is 0.107 e. The van der Waals surface area contributed by atoms with Crippen molar-refractivity contribution in [1.29, 1.82) is 0 Å². The van der Waals surface area contributed by atoms with Gasteiger partial charge in [-0.05, 0) is 17.7 Å². The first-order valence-corrected chi connectivity index (χ1v) is 7.30. The molecule has 0 saturated carbocycles. The van der Waals surface area contributed by atoms with E-state index in [4.69, 9.17) is 5.73 Å². The van der Waals surface area contributed by atoms with Crippen LogP contribution in [0.2, 0.25) is 0 Å². The van der Waals surface area contributed by atoms with Gasteiger partial charge in [0.25, 0.3) is 0 Å². The summed E-state index contributed by atoms with van der Waals surface area (Å²) in [7, 11) is 0. The van der Waals surface area contributed by atoms with E-state index in [-0.39, 0.29) is 0 Å². The van der Waals surface area contributed by atoms with Crippen LogP contribution in [-0.2, 0) is 6.54 Å². The molecule has 0 unspecified atom stereocenters. The van der Waals surface area contributed by atoms with Gasteiger partial charge in [0.1, 0.15) is 5.01 Å². The highest BCUT2D eigenvalue weighted by molar-refractivity contribution is 7.99. The molecule has 4 heteroatoms. The first kappa shape index (κ1) is 12.6. The SMILES string of the molecule is CC(C)Sc1ccc(-c2cnc(CN)s2)cc1. The largest absolute Gasteiger partial charge is 0.325 e. The summed E-state index contributed by atoms with van der Waals surface area (Å²) in [5.41, 5.74) is 6.78.